The molecule has 0 saturated carbocycles. The molecule has 2 N–H and O–H groups in total. The Labute approximate surface area is 132 Å². The summed E-state index contributed by atoms with van der Waals surface area (Å²) < 4.78 is 28.7. The van der Waals surface area contributed by atoms with Crippen molar-refractivity contribution in [1.82, 2.24) is 14.3 Å². The number of halogens is 2. The molecule has 0 aliphatic heterocycles. The third-order valence-electron chi connectivity index (χ3n) is 2.88. The van der Waals surface area contributed by atoms with Crippen molar-refractivity contribution >= 4 is 33.2 Å². The van der Waals surface area contributed by atoms with Crippen LogP contribution in [0.15, 0.2) is 29.4 Å². The molecule has 21 heavy (non-hydrogen) atoms. The largest absolute Gasteiger partial charge is 0.392 e. The zero-order valence-corrected chi connectivity index (χ0v) is 13.4. The Balaban J connectivity index is 2.32. The van der Waals surface area contributed by atoms with Gasteiger partial charge in [-0.3, -0.25) is 0 Å². The fraction of sp³-hybridized carbons (Fsp3) is 0.250. The van der Waals surface area contributed by atoms with Crippen LogP contribution in [0.1, 0.15) is 11.4 Å². The summed E-state index contributed by atoms with van der Waals surface area (Å²) >= 11 is 11.9. The highest BCUT2D eigenvalue weighted by Crippen LogP contribution is 2.29. The highest BCUT2D eigenvalue weighted by Gasteiger charge is 2.21. The van der Waals surface area contributed by atoms with Crippen LogP contribution in [-0.2, 0) is 30.2 Å². The van der Waals surface area contributed by atoms with Gasteiger partial charge in [0.25, 0.3) is 0 Å². The summed E-state index contributed by atoms with van der Waals surface area (Å²) in [7, 11) is -2.11. The smallest absolute Gasteiger partial charge is 0.242 e. The van der Waals surface area contributed by atoms with Gasteiger partial charge in [0, 0.05) is 24.5 Å². The molecule has 114 valence electrons. The Morgan fingerprint density at radius 1 is 1.38 bits per heavy atom. The van der Waals surface area contributed by atoms with Crippen LogP contribution in [0.3, 0.4) is 0 Å². The summed E-state index contributed by atoms with van der Waals surface area (Å²) in [6.45, 7) is -0.385. The molecule has 0 bridgehead atoms. The normalized spacial score (nSPS) is 11.8. The van der Waals surface area contributed by atoms with Crippen molar-refractivity contribution in [2.24, 2.45) is 7.05 Å². The van der Waals surface area contributed by atoms with Crippen molar-refractivity contribution in [3.05, 3.63) is 46.0 Å². The second kappa shape index (κ2) is 6.33. The van der Waals surface area contributed by atoms with Crippen LogP contribution in [-0.4, -0.2) is 23.1 Å². The van der Waals surface area contributed by atoms with E-state index in [2.05, 4.69) is 9.71 Å². The van der Waals surface area contributed by atoms with Gasteiger partial charge in [-0.25, -0.2) is 18.1 Å². The fourth-order valence-electron chi connectivity index (χ4n) is 1.73. The summed E-state index contributed by atoms with van der Waals surface area (Å²) in [6.07, 6.45) is 3.28. The number of aliphatic hydroxyl groups excluding tert-OH is 1. The first-order chi connectivity index (χ1) is 9.85. The number of nitrogens with one attached hydrogen (secondary N) is 1. The maximum absolute atomic E-state index is 12.3. The SMILES string of the molecule is Cn1ccnc1CNS(=O)(=O)c1cc(Cl)cc(CO)c1Cl. The van der Waals surface area contributed by atoms with Gasteiger partial charge in [0.1, 0.15) is 10.7 Å². The van der Waals surface area contributed by atoms with Crippen LogP contribution in [0.4, 0.5) is 0 Å². The molecule has 1 aromatic carbocycles. The Morgan fingerprint density at radius 3 is 2.67 bits per heavy atom. The van der Waals surface area contributed by atoms with E-state index in [0.717, 1.165) is 0 Å². The molecule has 1 heterocycles. The van der Waals surface area contributed by atoms with Crippen LogP contribution in [0, 0.1) is 0 Å². The lowest BCUT2D eigenvalue weighted by Crippen LogP contribution is -2.25. The van der Waals surface area contributed by atoms with Crippen LogP contribution >= 0.6 is 23.2 Å². The molecule has 6 nitrogen and oxygen atoms in total. The van der Waals surface area contributed by atoms with Gasteiger partial charge in [-0.1, -0.05) is 23.2 Å². The number of aromatic nitrogens is 2. The number of aliphatic hydroxyl groups is 1. The number of hydrogen-bond acceptors (Lipinski definition) is 4. The maximum Gasteiger partial charge on any atom is 0.242 e. The third-order valence-corrected chi connectivity index (χ3v) is 5.08. The van der Waals surface area contributed by atoms with Crippen molar-refractivity contribution in [1.29, 1.82) is 0 Å². The molecule has 2 rings (SSSR count). The average molecular weight is 350 g/mol. The van der Waals surface area contributed by atoms with Crippen molar-refractivity contribution in [3.63, 3.8) is 0 Å². The summed E-state index contributed by atoms with van der Waals surface area (Å²) in [5.74, 6) is 0.555. The molecular formula is C12H13Cl2N3O3S. The number of hydrogen-bond donors (Lipinski definition) is 2. The second-order valence-electron chi connectivity index (χ2n) is 4.31. The van der Waals surface area contributed by atoms with E-state index in [1.165, 1.54) is 12.1 Å². The molecule has 0 amide bonds. The van der Waals surface area contributed by atoms with Gasteiger partial charge in [0.05, 0.1) is 18.2 Å². The van der Waals surface area contributed by atoms with E-state index in [9.17, 15) is 13.5 Å². The van der Waals surface area contributed by atoms with E-state index in [0.29, 0.717) is 5.82 Å². The molecule has 0 fully saturated rings. The minimum Gasteiger partial charge on any atom is -0.392 e. The molecule has 2 aromatic rings. The van der Waals surface area contributed by atoms with Gasteiger partial charge in [0.2, 0.25) is 10.0 Å². The third kappa shape index (κ3) is 3.56. The number of rotatable bonds is 5. The minimum atomic E-state index is -3.87. The van der Waals surface area contributed by atoms with Crippen LogP contribution in [0.5, 0.6) is 0 Å². The van der Waals surface area contributed by atoms with E-state index >= 15 is 0 Å². The standard InChI is InChI=1S/C12H13Cl2N3O3S/c1-17-3-2-15-11(17)6-16-21(19,20)10-5-9(13)4-8(7-18)12(10)14/h2-5,16,18H,6-7H2,1H3. The molecule has 0 spiro atoms. The summed E-state index contributed by atoms with van der Waals surface area (Å²) in [5, 5.41) is 9.31. The number of sulfonamides is 1. The molecule has 0 saturated heterocycles. The maximum atomic E-state index is 12.3. The molecule has 0 aliphatic rings. The first-order valence-electron chi connectivity index (χ1n) is 5.90. The predicted octanol–water partition coefficient (Wildman–Crippen LogP) is 1.70. The number of aryl methyl sites for hydroxylation is 1. The van der Waals surface area contributed by atoms with Crippen LogP contribution < -0.4 is 4.72 Å². The zero-order valence-electron chi connectivity index (χ0n) is 11.0. The van der Waals surface area contributed by atoms with Crippen molar-refractivity contribution < 1.29 is 13.5 Å². The fourth-order valence-corrected chi connectivity index (χ4v) is 3.64. The van der Waals surface area contributed by atoms with Crippen molar-refractivity contribution in [2.45, 2.75) is 18.0 Å². The quantitative estimate of drug-likeness (QED) is 0.860. The average Bonchev–Trinajstić information content (AvgIpc) is 2.84. The summed E-state index contributed by atoms with van der Waals surface area (Å²) in [4.78, 5) is 3.85. The minimum absolute atomic E-state index is 0.0170. The lowest BCUT2D eigenvalue weighted by atomic mass is 10.2. The van der Waals surface area contributed by atoms with E-state index in [1.807, 2.05) is 0 Å². The van der Waals surface area contributed by atoms with Gasteiger partial charge in [-0.15, -0.1) is 0 Å². The Morgan fingerprint density at radius 2 is 2.10 bits per heavy atom. The molecule has 0 radical (unpaired) electrons. The van der Waals surface area contributed by atoms with E-state index in [4.69, 9.17) is 23.2 Å². The molecular weight excluding hydrogens is 337 g/mol. The lowest BCUT2D eigenvalue weighted by Gasteiger charge is -2.11. The van der Waals surface area contributed by atoms with E-state index < -0.39 is 16.6 Å². The van der Waals surface area contributed by atoms with E-state index in [-0.39, 0.29) is 27.0 Å². The second-order valence-corrected chi connectivity index (χ2v) is 6.86. The Bertz CT molecular complexity index is 759. The zero-order chi connectivity index (χ0) is 15.6. The molecule has 0 unspecified atom stereocenters. The molecule has 0 atom stereocenters. The molecule has 1 aromatic heterocycles. The van der Waals surface area contributed by atoms with Crippen molar-refractivity contribution in [2.75, 3.05) is 0 Å². The predicted molar refractivity (Wildman–Crippen MR) is 79.6 cm³/mol. The lowest BCUT2D eigenvalue weighted by molar-refractivity contribution is 0.281. The van der Waals surface area contributed by atoms with Gasteiger partial charge in [0.15, 0.2) is 0 Å². The van der Waals surface area contributed by atoms with Crippen LogP contribution in [0.25, 0.3) is 0 Å². The summed E-state index contributed by atoms with van der Waals surface area (Å²) in [6, 6.07) is 2.66. The van der Waals surface area contributed by atoms with Gasteiger partial charge >= 0.3 is 0 Å². The Hall–Kier alpha value is -1.12. The van der Waals surface area contributed by atoms with Crippen molar-refractivity contribution in [3.8, 4) is 0 Å². The highest BCUT2D eigenvalue weighted by molar-refractivity contribution is 7.89. The van der Waals surface area contributed by atoms with Gasteiger partial charge in [-0.05, 0) is 17.7 Å². The monoisotopic (exact) mass is 349 g/mol. The topological polar surface area (TPSA) is 84.2 Å². The molecule has 9 heteroatoms. The first kappa shape index (κ1) is 16.3. The number of imidazole rings is 1. The van der Waals surface area contributed by atoms with Crippen LogP contribution in [0.2, 0.25) is 10.0 Å². The summed E-state index contributed by atoms with van der Waals surface area (Å²) in [5.41, 5.74) is 0.251. The number of benzene rings is 1. The first-order valence-corrected chi connectivity index (χ1v) is 8.13. The Kier molecular flexibility index (Phi) is 4.90. The van der Waals surface area contributed by atoms with Gasteiger partial charge < -0.3 is 9.67 Å². The van der Waals surface area contributed by atoms with E-state index in [1.54, 1.807) is 24.0 Å². The molecule has 0 aliphatic carbocycles. The van der Waals surface area contributed by atoms with Gasteiger partial charge in [-0.2, -0.15) is 0 Å². The highest BCUT2D eigenvalue weighted by atomic mass is 35.5. The number of nitrogens with zero attached hydrogens (tertiary/aromatic N) is 2.